The summed E-state index contributed by atoms with van der Waals surface area (Å²) in [6.07, 6.45) is 3.47. The van der Waals surface area contributed by atoms with Gasteiger partial charge in [0.05, 0.1) is 0 Å². The monoisotopic (exact) mass is 269 g/mol. The van der Waals surface area contributed by atoms with Crippen LogP contribution in [0.3, 0.4) is 0 Å². The van der Waals surface area contributed by atoms with Crippen LogP contribution in [0, 0.1) is 0 Å². The quantitative estimate of drug-likeness (QED) is 0.585. The van der Waals surface area contributed by atoms with E-state index in [4.69, 9.17) is 5.11 Å². The highest BCUT2D eigenvalue weighted by Gasteiger charge is 2.08. The number of carbonyl (C=O) groups excluding carboxylic acids is 1. The summed E-state index contributed by atoms with van der Waals surface area (Å²) < 4.78 is 0. The number of nitrogens with one attached hydrogen (secondary N) is 2. The van der Waals surface area contributed by atoms with E-state index in [2.05, 4.69) is 20.5 Å². The third-order valence-corrected chi connectivity index (χ3v) is 2.56. The minimum atomic E-state index is -0.846. The Labute approximate surface area is 111 Å². The zero-order valence-electron chi connectivity index (χ0n) is 10.9. The van der Waals surface area contributed by atoms with Crippen molar-refractivity contribution < 1.29 is 14.7 Å². The van der Waals surface area contributed by atoms with Crippen LogP contribution in [0.2, 0.25) is 0 Å². The molecule has 1 heterocycles. The highest BCUT2D eigenvalue weighted by molar-refractivity contribution is 5.73. The SMILES string of the molecule is CN(CCCC(=O)O)C(=O)NCCCc1ncn[nH]1. The second-order valence-corrected chi connectivity index (χ2v) is 4.19. The molecule has 0 unspecified atom stereocenters. The number of H-pyrrole nitrogens is 1. The van der Waals surface area contributed by atoms with E-state index in [-0.39, 0.29) is 12.5 Å². The molecule has 0 saturated carbocycles. The summed E-state index contributed by atoms with van der Waals surface area (Å²) in [5.41, 5.74) is 0. The summed E-state index contributed by atoms with van der Waals surface area (Å²) in [4.78, 5) is 27.4. The third kappa shape index (κ3) is 6.39. The Balaban J connectivity index is 2.07. The number of nitrogens with zero attached hydrogens (tertiary/aromatic N) is 3. The summed E-state index contributed by atoms with van der Waals surface area (Å²) in [7, 11) is 1.65. The second-order valence-electron chi connectivity index (χ2n) is 4.19. The number of carboxylic acids is 1. The molecule has 8 heteroatoms. The first-order valence-corrected chi connectivity index (χ1v) is 6.14. The fraction of sp³-hybridized carbons (Fsp3) is 0.636. The first-order chi connectivity index (χ1) is 9.09. The molecule has 1 aromatic rings. The van der Waals surface area contributed by atoms with Gasteiger partial charge in [-0.1, -0.05) is 0 Å². The van der Waals surface area contributed by atoms with Gasteiger partial charge < -0.3 is 15.3 Å². The fourth-order valence-electron chi connectivity index (χ4n) is 1.51. The maximum absolute atomic E-state index is 11.6. The second kappa shape index (κ2) is 8.06. The summed E-state index contributed by atoms with van der Waals surface area (Å²) in [6.45, 7) is 0.975. The van der Waals surface area contributed by atoms with Gasteiger partial charge in [0, 0.05) is 33.0 Å². The number of aromatic nitrogens is 3. The lowest BCUT2D eigenvalue weighted by atomic mass is 10.3. The zero-order valence-corrected chi connectivity index (χ0v) is 10.9. The van der Waals surface area contributed by atoms with Gasteiger partial charge >= 0.3 is 12.0 Å². The standard InChI is InChI=1S/C11H19N5O3/c1-16(7-3-5-10(17)18)11(19)12-6-2-4-9-13-8-14-15-9/h8H,2-7H2,1H3,(H,12,19)(H,17,18)(H,13,14,15). The number of urea groups is 1. The summed E-state index contributed by atoms with van der Waals surface area (Å²) >= 11 is 0. The van der Waals surface area contributed by atoms with Crippen LogP contribution in [-0.2, 0) is 11.2 Å². The van der Waals surface area contributed by atoms with E-state index < -0.39 is 5.97 Å². The first kappa shape index (κ1) is 14.9. The molecular formula is C11H19N5O3. The van der Waals surface area contributed by atoms with Gasteiger partial charge in [-0.3, -0.25) is 9.89 Å². The molecule has 0 aromatic carbocycles. The molecule has 106 valence electrons. The Morgan fingerprint density at radius 3 is 2.89 bits per heavy atom. The molecule has 0 fully saturated rings. The van der Waals surface area contributed by atoms with E-state index in [9.17, 15) is 9.59 Å². The number of hydrogen-bond donors (Lipinski definition) is 3. The van der Waals surface area contributed by atoms with Crippen molar-refractivity contribution in [1.29, 1.82) is 0 Å². The van der Waals surface area contributed by atoms with Crippen LogP contribution in [-0.4, -0.2) is 57.3 Å². The Bertz CT molecular complexity index is 393. The molecule has 8 nitrogen and oxygen atoms in total. The number of rotatable bonds is 8. The minimum Gasteiger partial charge on any atom is -0.481 e. The summed E-state index contributed by atoms with van der Waals surface area (Å²) in [6, 6.07) is -0.192. The van der Waals surface area contributed by atoms with Crippen molar-refractivity contribution in [1.82, 2.24) is 25.4 Å². The molecule has 1 rings (SSSR count). The molecule has 0 aliphatic heterocycles. The van der Waals surface area contributed by atoms with Gasteiger partial charge in [0.15, 0.2) is 0 Å². The average Bonchev–Trinajstić information content (AvgIpc) is 2.86. The minimum absolute atomic E-state index is 0.0725. The number of hydrogen-bond acceptors (Lipinski definition) is 4. The van der Waals surface area contributed by atoms with Crippen molar-refractivity contribution in [2.24, 2.45) is 0 Å². The van der Waals surface area contributed by atoms with E-state index in [1.165, 1.54) is 11.2 Å². The van der Waals surface area contributed by atoms with Gasteiger partial charge in [0.25, 0.3) is 0 Å². The van der Waals surface area contributed by atoms with E-state index >= 15 is 0 Å². The van der Waals surface area contributed by atoms with Gasteiger partial charge in [0.1, 0.15) is 12.2 Å². The molecular weight excluding hydrogens is 250 g/mol. The fourth-order valence-corrected chi connectivity index (χ4v) is 1.51. The van der Waals surface area contributed by atoms with Gasteiger partial charge in [-0.15, -0.1) is 0 Å². The number of amides is 2. The maximum Gasteiger partial charge on any atom is 0.317 e. The lowest BCUT2D eigenvalue weighted by Gasteiger charge is -2.17. The van der Waals surface area contributed by atoms with E-state index in [0.717, 1.165) is 18.7 Å². The number of aliphatic carboxylic acids is 1. The lowest BCUT2D eigenvalue weighted by Crippen LogP contribution is -2.38. The normalized spacial score (nSPS) is 10.2. The Morgan fingerprint density at radius 1 is 1.47 bits per heavy atom. The summed E-state index contributed by atoms with van der Waals surface area (Å²) in [5, 5.41) is 17.7. The van der Waals surface area contributed by atoms with Crippen LogP contribution >= 0.6 is 0 Å². The van der Waals surface area contributed by atoms with Crippen molar-refractivity contribution in [2.45, 2.75) is 25.7 Å². The van der Waals surface area contributed by atoms with Crippen molar-refractivity contribution in [3.05, 3.63) is 12.2 Å². The molecule has 19 heavy (non-hydrogen) atoms. The Morgan fingerprint density at radius 2 is 2.26 bits per heavy atom. The molecule has 0 aliphatic rings. The summed E-state index contributed by atoms with van der Waals surface area (Å²) in [5.74, 6) is -0.0510. The smallest absolute Gasteiger partial charge is 0.317 e. The van der Waals surface area contributed by atoms with Gasteiger partial charge in [-0.05, 0) is 12.8 Å². The molecule has 1 aromatic heterocycles. The largest absolute Gasteiger partial charge is 0.481 e. The molecule has 2 amide bonds. The van der Waals surface area contributed by atoms with Gasteiger partial charge in [0.2, 0.25) is 0 Å². The number of aromatic amines is 1. The van der Waals surface area contributed by atoms with Gasteiger partial charge in [-0.25, -0.2) is 9.78 Å². The van der Waals surface area contributed by atoms with Crippen LogP contribution in [0.1, 0.15) is 25.1 Å². The topological polar surface area (TPSA) is 111 Å². The van der Waals surface area contributed by atoms with Crippen molar-refractivity contribution >= 4 is 12.0 Å². The van der Waals surface area contributed by atoms with Crippen LogP contribution in [0.5, 0.6) is 0 Å². The highest BCUT2D eigenvalue weighted by Crippen LogP contribution is 1.95. The maximum atomic E-state index is 11.6. The molecule has 3 N–H and O–H groups in total. The highest BCUT2D eigenvalue weighted by atomic mass is 16.4. The van der Waals surface area contributed by atoms with Gasteiger partial charge in [-0.2, -0.15) is 5.10 Å². The van der Waals surface area contributed by atoms with Crippen LogP contribution in [0.4, 0.5) is 4.79 Å². The van der Waals surface area contributed by atoms with E-state index in [1.807, 2.05) is 0 Å². The molecule has 0 radical (unpaired) electrons. The van der Waals surface area contributed by atoms with Crippen molar-refractivity contribution in [3.8, 4) is 0 Å². The number of aryl methyl sites for hydroxylation is 1. The molecule has 0 saturated heterocycles. The number of carboxylic acid groups (broad SMARTS) is 1. The van der Waals surface area contributed by atoms with Crippen LogP contribution in [0.15, 0.2) is 6.33 Å². The predicted octanol–water partition coefficient (Wildman–Crippen LogP) is 0.243. The lowest BCUT2D eigenvalue weighted by molar-refractivity contribution is -0.137. The van der Waals surface area contributed by atoms with Crippen molar-refractivity contribution in [2.75, 3.05) is 20.1 Å². The van der Waals surface area contributed by atoms with Crippen LogP contribution in [0.25, 0.3) is 0 Å². The van der Waals surface area contributed by atoms with E-state index in [0.29, 0.717) is 19.5 Å². The molecule has 0 spiro atoms. The first-order valence-electron chi connectivity index (χ1n) is 6.14. The molecule has 0 atom stereocenters. The molecule has 0 bridgehead atoms. The number of carbonyl (C=O) groups is 2. The predicted molar refractivity (Wildman–Crippen MR) is 67.6 cm³/mol. The molecule has 0 aliphatic carbocycles. The van der Waals surface area contributed by atoms with E-state index in [1.54, 1.807) is 7.05 Å². The Hall–Kier alpha value is -2.12. The Kier molecular flexibility index (Phi) is 6.34. The third-order valence-electron chi connectivity index (χ3n) is 2.56. The van der Waals surface area contributed by atoms with Crippen molar-refractivity contribution in [3.63, 3.8) is 0 Å². The van der Waals surface area contributed by atoms with Crippen LogP contribution < -0.4 is 5.32 Å². The average molecular weight is 269 g/mol. The zero-order chi connectivity index (χ0) is 14.1.